The highest BCUT2D eigenvalue weighted by Gasteiger charge is 2.11. The molecule has 0 unspecified atom stereocenters. The number of hydrogen-bond acceptors (Lipinski definition) is 5. The molecule has 0 rings (SSSR count). The molecule has 0 aromatic rings. The molecule has 0 aliphatic rings. The van der Waals surface area contributed by atoms with Crippen LogP contribution in [0.1, 0.15) is 78.1 Å². The van der Waals surface area contributed by atoms with Crippen molar-refractivity contribution in [1.82, 2.24) is 0 Å². The molecule has 0 N–H and O–H groups in total. The minimum atomic E-state index is -1.01. The zero-order valence-corrected chi connectivity index (χ0v) is 13.5. The summed E-state index contributed by atoms with van der Waals surface area (Å²) in [5, 5.41) is 0. The van der Waals surface area contributed by atoms with Crippen LogP contribution in [-0.2, 0) is 14.2 Å². The Balaban J connectivity index is 3.21. The molecule has 21 heavy (non-hydrogen) atoms. The Morgan fingerprint density at radius 3 is 1.67 bits per heavy atom. The van der Waals surface area contributed by atoms with Gasteiger partial charge in [-0.05, 0) is 13.3 Å². The summed E-state index contributed by atoms with van der Waals surface area (Å²) in [6.45, 7) is 4.32. The van der Waals surface area contributed by atoms with E-state index in [1.54, 1.807) is 6.92 Å². The number of carbonyl (C=O) groups is 2. The van der Waals surface area contributed by atoms with Crippen molar-refractivity contribution >= 4 is 12.3 Å². The molecular weight excluding hydrogens is 272 g/mol. The van der Waals surface area contributed by atoms with Crippen LogP contribution >= 0.6 is 0 Å². The van der Waals surface area contributed by atoms with Crippen molar-refractivity contribution < 1.29 is 23.8 Å². The molecule has 0 aromatic heterocycles. The zero-order chi connectivity index (χ0) is 15.8. The molecule has 124 valence electrons. The van der Waals surface area contributed by atoms with Crippen molar-refractivity contribution in [2.45, 2.75) is 78.1 Å². The third-order valence-electron chi connectivity index (χ3n) is 3.15. The second-order valence-electron chi connectivity index (χ2n) is 5.07. The third kappa shape index (κ3) is 15.0. The van der Waals surface area contributed by atoms with Gasteiger partial charge in [0.2, 0.25) is 0 Å². The van der Waals surface area contributed by atoms with Gasteiger partial charge in [0.25, 0.3) is 0 Å². The van der Waals surface area contributed by atoms with Crippen LogP contribution in [0, 0.1) is 0 Å². The van der Waals surface area contributed by atoms with E-state index in [2.05, 4.69) is 16.4 Å². The third-order valence-corrected chi connectivity index (χ3v) is 3.15. The van der Waals surface area contributed by atoms with Gasteiger partial charge in [-0.3, -0.25) is 0 Å². The van der Waals surface area contributed by atoms with Gasteiger partial charge in [0.05, 0.1) is 13.2 Å². The number of carbonyl (C=O) groups excluding carboxylic acids is 2. The molecule has 5 nitrogen and oxygen atoms in total. The molecule has 0 amide bonds. The molecule has 0 fully saturated rings. The first kappa shape index (κ1) is 19.7. The van der Waals surface area contributed by atoms with E-state index in [0.717, 1.165) is 19.3 Å². The fourth-order valence-corrected chi connectivity index (χ4v) is 1.99. The van der Waals surface area contributed by atoms with E-state index >= 15 is 0 Å². The van der Waals surface area contributed by atoms with Crippen molar-refractivity contribution in [3.8, 4) is 0 Å². The molecule has 0 radical (unpaired) electrons. The van der Waals surface area contributed by atoms with Crippen molar-refractivity contribution in [3.63, 3.8) is 0 Å². The normalized spacial score (nSPS) is 10.2. The van der Waals surface area contributed by atoms with E-state index < -0.39 is 12.3 Å². The van der Waals surface area contributed by atoms with E-state index in [1.165, 1.54) is 44.9 Å². The monoisotopic (exact) mass is 302 g/mol. The molecule has 0 aliphatic carbocycles. The smallest absolute Gasteiger partial charge is 0.434 e. The summed E-state index contributed by atoms with van der Waals surface area (Å²) in [6, 6.07) is 0. The van der Waals surface area contributed by atoms with Gasteiger partial charge < -0.3 is 14.2 Å². The average molecular weight is 302 g/mol. The highest BCUT2D eigenvalue weighted by molar-refractivity contribution is 5.76. The topological polar surface area (TPSA) is 61.8 Å². The summed E-state index contributed by atoms with van der Waals surface area (Å²) in [4.78, 5) is 21.9. The van der Waals surface area contributed by atoms with Gasteiger partial charge in [-0.15, -0.1) is 0 Å². The summed E-state index contributed by atoms with van der Waals surface area (Å²) >= 11 is 0. The minimum absolute atomic E-state index is 0.171. The molecule has 0 spiro atoms. The largest absolute Gasteiger partial charge is 0.518 e. The lowest BCUT2D eigenvalue weighted by Gasteiger charge is -2.05. The van der Waals surface area contributed by atoms with Gasteiger partial charge >= 0.3 is 12.3 Å². The van der Waals surface area contributed by atoms with Crippen molar-refractivity contribution in [1.29, 1.82) is 0 Å². The molecule has 0 bridgehead atoms. The van der Waals surface area contributed by atoms with E-state index in [1.807, 2.05) is 0 Å². The summed E-state index contributed by atoms with van der Waals surface area (Å²) in [5.74, 6) is 0. The predicted octanol–water partition coefficient (Wildman–Crippen LogP) is 5.22. The van der Waals surface area contributed by atoms with Crippen LogP contribution in [0.15, 0.2) is 0 Å². The minimum Gasteiger partial charge on any atom is -0.434 e. The molecule has 5 heteroatoms. The Morgan fingerprint density at radius 2 is 1.14 bits per heavy atom. The number of rotatable bonds is 12. The van der Waals surface area contributed by atoms with Crippen LogP contribution in [0.25, 0.3) is 0 Å². The maximum atomic E-state index is 11.0. The van der Waals surface area contributed by atoms with E-state index in [-0.39, 0.29) is 13.2 Å². The van der Waals surface area contributed by atoms with Crippen LogP contribution in [0.5, 0.6) is 0 Å². The second kappa shape index (κ2) is 15.1. The first-order valence-corrected chi connectivity index (χ1v) is 8.22. The van der Waals surface area contributed by atoms with Gasteiger partial charge in [-0.25, -0.2) is 9.59 Å². The van der Waals surface area contributed by atoms with E-state index in [9.17, 15) is 9.59 Å². The van der Waals surface area contributed by atoms with Gasteiger partial charge in [0, 0.05) is 0 Å². The maximum absolute atomic E-state index is 11.0. The molecule has 0 heterocycles. The maximum Gasteiger partial charge on any atom is 0.518 e. The van der Waals surface area contributed by atoms with Crippen molar-refractivity contribution in [2.75, 3.05) is 13.2 Å². The van der Waals surface area contributed by atoms with Gasteiger partial charge in [0.1, 0.15) is 0 Å². The predicted molar refractivity (Wildman–Crippen MR) is 81.3 cm³/mol. The Morgan fingerprint density at radius 1 is 0.667 bits per heavy atom. The molecule has 0 saturated carbocycles. The fraction of sp³-hybridized carbons (Fsp3) is 0.875. The molecular formula is C16H30O5. The molecule has 0 atom stereocenters. The summed E-state index contributed by atoms with van der Waals surface area (Å²) in [6.07, 6.45) is 10.2. The SMILES string of the molecule is CCCCCCCCCCCCOC(=O)OC(=O)OCC. The lowest BCUT2D eigenvalue weighted by atomic mass is 10.1. The standard InChI is InChI=1S/C16H30O5/c1-3-5-6-7-8-9-10-11-12-13-14-20-16(18)21-15(17)19-4-2/h3-14H2,1-2H3. The van der Waals surface area contributed by atoms with Gasteiger partial charge in [-0.1, -0.05) is 64.7 Å². The zero-order valence-electron chi connectivity index (χ0n) is 13.5. The average Bonchev–Trinajstić information content (AvgIpc) is 2.45. The molecule has 0 saturated heterocycles. The Kier molecular flexibility index (Phi) is 14.2. The quantitative estimate of drug-likeness (QED) is 0.281. The highest BCUT2D eigenvalue weighted by atomic mass is 16.8. The van der Waals surface area contributed by atoms with E-state index in [4.69, 9.17) is 4.74 Å². The summed E-state index contributed by atoms with van der Waals surface area (Å²) in [7, 11) is 0. The van der Waals surface area contributed by atoms with Gasteiger partial charge in [-0.2, -0.15) is 0 Å². The molecule has 0 aromatic carbocycles. The van der Waals surface area contributed by atoms with Crippen molar-refractivity contribution in [2.24, 2.45) is 0 Å². The molecule has 0 aliphatic heterocycles. The number of hydrogen-bond donors (Lipinski definition) is 0. The summed E-state index contributed by atoms with van der Waals surface area (Å²) < 4.78 is 13.5. The number of unbranched alkanes of at least 4 members (excludes halogenated alkanes) is 9. The lowest BCUT2D eigenvalue weighted by molar-refractivity contribution is 0.0380. The second-order valence-corrected chi connectivity index (χ2v) is 5.07. The van der Waals surface area contributed by atoms with Crippen LogP contribution in [-0.4, -0.2) is 25.5 Å². The van der Waals surface area contributed by atoms with Crippen LogP contribution < -0.4 is 0 Å². The van der Waals surface area contributed by atoms with Crippen molar-refractivity contribution in [3.05, 3.63) is 0 Å². The van der Waals surface area contributed by atoms with Crippen LogP contribution in [0.3, 0.4) is 0 Å². The first-order valence-electron chi connectivity index (χ1n) is 8.22. The van der Waals surface area contributed by atoms with Gasteiger partial charge in [0.15, 0.2) is 0 Å². The Bertz CT molecular complexity index is 265. The Labute approximate surface area is 128 Å². The highest BCUT2D eigenvalue weighted by Crippen LogP contribution is 2.10. The van der Waals surface area contributed by atoms with Crippen LogP contribution in [0.4, 0.5) is 9.59 Å². The van der Waals surface area contributed by atoms with E-state index in [0.29, 0.717) is 0 Å². The Hall–Kier alpha value is -1.26. The number of ether oxygens (including phenoxy) is 3. The van der Waals surface area contributed by atoms with Crippen LogP contribution in [0.2, 0.25) is 0 Å². The first-order chi connectivity index (χ1) is 10.2. The lowest BCUT2D eigenvalue weighted by Crippen LogP contribution is -2.15. The fourth-order valence-electron chi connectivity index (χ4n) is 1.99. The summed E-state index contributed by atoms with van der Waals surface area (Å²) in [5.41, 5.74) is 0.